The fraction of sp³-hybridized carbons (Fsp3) is 0.333. The van der Waals surface area contributed by atoms with E-state index in [0.29, 0.717) is 5.75 Å². The lowest BCUT2D eigenvalue weighted by Crippen LogP contribution is -2.34. The van der Waals surface area contributed by atoms with Gasteiger partial charge in [0.25, 0.3) is 5.91 Å². The lowest BCUT2D eigenvalue weighted by Gasteiger charge is -2.19. The molecule has 0 aromatic heterocycles. The van der Waals surface area contributed by atoms with Crippen molar-refractivity contribution in [3.8, 4) is 5.75 Å². The van der Waals surface area contributed by atoms with Crippen LogP contribution in [-0.4, -0.2) is 23.6 Å². The number of amides is 1. The van der Waals surface area contributed by atoms with E-state index >= 15 is 0 Å². The van der Waals surface area contributed by atoms with Gasteiger partial charge >= 0.3 is 5.97 Å². The Bertz CT molecular complexity index is 756. The number of benzene rings is 2. The van der Waals surface area contributed by atoms with Crippen molar-refractivity contribution in [3.63, 3.8) is 0 Å². The number of carbonyl (C=O) groups is 2. The molecule has 0 saturated carbocycles. The molecule has 0 aliphatic rings. The van der Waals surface area contributed by atoms with Gasteiger partial charge in [-0.15, -0.1) is 0 Å². The number of aryl methyl sites for hydroxylation is 1. The SMILES string of the molecule is Cc1ccc(C(C)C)c(OCC(=O)NC(CC(=O)O)c2ccccc2)c1. The number of ether oxygens (including phenoxy) is 1. The molecule has 0 heterocycles. The highest BCUT2D eigenvalue weighted by Gasteiger charge is 2.18. The molecule has 2 aromatic carbocycles. The Morgan fingerprint density at radius 3 is 2.42 bits per heavy atom. The molecule has 0 saturated heterocycles. The maximum Gasteiger partial charge on any atom is 0.305 e. The summed E-state index contributed by atoms with van der Waals surface area (Å²) in [5, 5.41) is 11.9. The Labute approximate surface area is 154 Å². The summed E-state index contributed by atoms with van der Waals surface area (Å²) in [4.78, 5) is 23.4. The van der Waals surface area contributed by atoms with Gasteiger partial charge in [-0.1, -0.05) is 56.3 Å². The predicted octanol–water partition coefficient (Wildman–Crippen LogP) is 3.83. The van der Waals surface area contributed by atoms with Crippen LogP contribution < -0.4 is 10.1 Å². The summed E-state index contributed by atoms with van der Waals surface area (Å²) in [6, 6.07) is 14.4. The van der Waals surface area contributed by atoms with Crippen LogP contribution in [0.3, 0.4) is 0 Å². The zero-order valence-corrected chi connectivity index (χ0v) is 15.4. The van der Waals surface area contributed by atoms with Crippen LogP contribution in [0.1, 0.15) is 48.9 Å². The molecule has 26 heavy (non-hydrogen) atoms. The molecule has 1 unspecified atom stereocenters. The van der Waals surface area contributed by atoms with Crippen molar-refractivity contribution in [1.82, 2.24) is 5.32 Å². The first-order valence-electron chi connectivity index (χ1n) is 8.66. The van der Waals surface area contributed by atoms with Crippen LogP contribution in [-0.2, 0) is 9.59 Å². The van der Waals surface area contributed by atoms with E-state index in [1.807, 2.05) is 43.3 Å². The van der Waals surface area contributed by atoms with Crippen LogP contribution in [0.15, 0.2) is 48.5 Å². The van der Waals surface area contributed by atoms with E-state index in [9.17, 15) is 9.59 Å². The molecule has 0 fully saturated rings. The first-order chi connectivity index (χ1) is 12.4. The van der Waals surface area contributed by atoms with Gasteiger partial charge in [-0.2, -0.15) is 0 Å². The lowest BCUT2D eigenvalue weighted by atomic mass is 10.0. The van der Waals surface area contributed by atoms with E-state index in [0.717, 1.165) is 16.7 Å². The summed E-state index contributed by atoms with van der Waals surface area (Å²) in [6.45, 7) is 5.94. The summed E-state index contributed by atoms with van der Waals surface area (Å²) in [5.41, 5.74) is 2.84. The quantitative estimate of drug-likeness (QED) is 0.754. The zero-order valence-electron chi connectivity index (χ0n) is 15.4. The van der Waals surface area contributed by atoms with Gasteiger partial charge in [-0.05, 0) is 35.6 Å². The molecule has 5 heteroatoms. The average Bonchev–Trinajstić information content (AvgIpc) is 2.59. The van der Waals surface area contributed by atoms with E-state index in [-0.39, 0.29) is 24.9 Å². The molecule has 0 aliphatic heterocycles. The van der Waals surface area contributed by atoms with Crippen LogP contribution in [0.4, 0.5) is 0 Å². The summed E-state index contributed by atoms with van der Waals surface area (Å²) < 4.78 is 5.72. The minimum Gasteiger partial charge on any atom is -0.483 e. The Morgan fingerprint density at radius 2 is 1.81 bits per heavy atom. The van der Waals surface area contributed by atoms with Crippen molar-refractivity contribution in [2.75, 3.05) is 6.61 Å². The molecular formula is C21H25NO4. The number of rotatable bonds is 8. The normalized spacial score (nSPS) is 11.8. The van der Waals surface area contributed by atoms with Crippen LogP contribution in [0.25, 0.3) is 0 Å². The number of hydrogen-bond acceptors (Lipinski definition) is 3. The van der Waals surface area contributed by atoms with E-state index in [1.165, 1.54) is 0 Å². The minimum absolute atomic E-state index is 0.161. The van der Waals surface area contributed by atoms with E-state index in [4.69, 9.17) is 9.84 Å². The molecule has 0 bridgehead atoms. The maximum atomic E-state index is 12.3. The predicted molar refractivity (Wildman–Crippen MR) is 100 cm³/mol. The second-order valence-corrected chi connectivity index (χ2v) is 6.61. The van der Waals surface area contributed by atoms with Crippen LogP contribution in [0.2, 0.25) is 0 Å². The van der Waals surface area contributed by atoms with Crippen molar-refractivity contribution >= 4 is 11.9 Å². The zero-order chi connectivity index (χ0) is 19.1. The largest absolute Gasteiger partial charge is 0.483 e. The topological polar surface area (TPSA) is 75.6 Å². The molecule has 2 N–H and O–H groups in total. The third-order valence-electron chi connectivity index (χ3n) is 4.07. The number of carboxylic acids is 1. The van der Waals surface area contributed by atoms with Crippen molar-refractivity contribution in [1.29, 1.82) is 0 Å². The third-order valence-corrected chi connectivity index (χ3v) is 4.07. The van der Waals surface area contributed by atoms with Gasteiger partial charge in [-0.25, -0.2) is 0 Å². The Balaban J connectivity index is 2.05. The highest BCUT2D eigenvalue weighted by atomic mass is 16.5. The van der Waals surface area contributed by atoms with Gasteiger partial charge in [0.2, 0.25) is 0 Å². The smallest absolute Gasteiger partial charge is 0.305 e. The van der Waals surface area contributed by atoms with Gasteiger partial charge in [0, 0.05) is 0 Å². The maximum absolute atomic E-state index is 12.3. The standard InChI is InChI=1S/C21H25NO4/c1-14(2)17-10-9-15(3)11-19(17)26-13-20(23)22-18(12-21(24)25)16-7-5-4-6-8-16/h4-11,14,18H,12-13H2,1-3H3,(H,22,23)(H,24,25). The molecule has 1 atom stereocenters. The lowest BCUT2D eigenvalue weighted by molar-refractivity contribution is -0.137. The Kier molecular flexibility index (Phi) is 6.78. The number of aliphatic carboxylic acids is 1. The first-order valence-corrected chi connectivity index (χ1v) is 8.66. The second kappa shape index (κ2) is 9.04. The van der Waals surface area contributed by atoms with Crippen molar-refractivity contribution in [2.24, 2.45) is 0 Å². The van der Waals surface area contributed by atoms with E-state index in [2.05, 4.69) is 19.2 Å². The molecule has 138 valence electrons. The summed E-state index contributed by atoms with van der Waals surface area (Å²) in [5.74, 6) is -0.362. The second-order valence-electron chi connectivity index (χ2n) is 6.61. The molecule has 2 aromatic rings. The summed E-state index contributed by atoms with van der Waals surface area (Å²) >= 11 is 0. The first kappa shape index (κ1) is 19.5. The molecule has 2 rings (SSSR count). The number of carboxylic acid groups (broad SMARTS) is 1. The number of hydrogen-bond donors (Lipinski definition) is 2. The van der Waals surface area contributed by atoms with E-state index in [1.54, 1.807) is 12.1 Å². The molecular weight excluding hydrogens is 330 g/mol. The van der Waals surface area contributed by atoms with E-state index < -0.39 is 12.0 Å². The number of carbonyl (C=O) groups excluding carboxylic acids is 1. The van der Waals surface area contributed by atoms with Gasteiger partial charge < -0.3 is 15.2 Å². The fourth-order valence-corrected chi connectivity index (χ4v) is 2.74. The van der Waals surface area contributed by atoms with Gasteiger partial charge in [0.1, 0.15) is 5.75 Å². The molecule has 5 nitrogen and oxygen atoms in total. The molecule has 0 spiro atoms. The third kappa shape index (κ3) is 5.62. The van der Waals surface area contributed by atoms with Gasteiger partial charge in [0.05, 0.1) is 12.5 Å². The van der Waals surface area contributed by atoms with Crippen molar-refractivity contribution in [3.05, 3.63) is 65.2 Å². The minimum atomic E-state index is -0.971. The highest BCUT2D eigenvalue weighted by molar-refractivity contribution is 5.79. The van der Waals surface area contributed by atoms with Crippen molar-refractivity contribution < 1.29 is 19.4 Å². The van der Waals surface area contributed by atoms with Crippen LogP contribution >= 0.6 is 0 Å². The summed E-state index contributed by atoms with van der Waals surface area (Å²) in [7, 11) is 0. The van der Waals surface area contributed by atoms with Crippen LogP contribution in [0, 0.1) is 6.92 Å². The average molecular weight is 355 g/mol. The Morgan fingerprint density at radius 1 is 1.12 bits per heavy atom. The van der Waals surface area contributed by atoms with Gasteiger partial charge in [-0.3, -0.25) is 9.59 Å². The monoisotopic (exact) mass is 355 g/mol. The number of nitrogens with one attached hydrogen (secondary N) is 1. The molecule has 0 radical (unpaired) electrons. The summed E-state index contributed by atoms with van der Waals surface area (Å²) in [6.07, 6.45) is -0.183. The molecule has 1 amide bonds. The fourth-order valence-electron chi connectivity index (χ4n) is 2.74. The highest BCUT2D eigenvalue weighted by Crippen LogP contribution is 2.27. The van der Waals surface area contributed by atoms with Gasteiger partial charge in [0.15, 0.2) is 6.61 Å². The van der Waals surface area contributed by atoms with Crippen molar-refractivity contribution in [2.45, 2.75) is 39.2 Å². The molecule has 0 aliphatic carbocycles. The van der Waals surface area contributed by atoms with Crippen LogP contribution in [0.5, 0.6) is 5.75 Å². The Hall–Kier alpha value is -2.82.